The lowest BCUT2D eigenvalue weighted by Gasteiger charge is -2.15. The number of rotatable bonds is 4. The number of carbonyl (C=O) groups is 2. The Balaban J connectivity index is 2.11. The third kappa shape index (κ3) is 3.15. The summed E-state index contributed by atoms with van der Waals surface area (Å²) in [5.74, 6) is -4.00. The molecule has 0 spiro atoms. The number of halogens is 1. The Morgan fingerprint density at radius 2 is 2.00 bits per heavy atom. The Labute approximate surface area is 118 Å². The number of nitrogens with zero attached hydrogens (tertiary/aromatic N) is 1. The van der Waals surface area contributed by atoms with Crippen LogP contribution in [-0.4, -0.2) is 21.9 Å². The molecule has 112 valence electrons. The summed E-state index contributed by atoms with van der Waals surface area (Å²) >= 11 is 0. The van der Waals surface area contributed by atoms with Crippen LogP contribution in [0.4, 0.5) is 15.8 Å². The molecule has 0 bridgehead atoms. The fraction of sp³-hybridized carbons (Fsp3) is 0.385. The van der Waals surface area contributed by atoms with Gasteiger partial charge in [0.1, 0.15) is 0 Å². The van der Waals surface area contributed by atoms with E-state index >= 15 is 0 Å². The van der Waals surface area contributed by atoms with Gasteiger partial charge in [-0.15, -0.1) is 0 Å². The van der Waals surface area contributed by atoms with Crippen LogP contribution in [-0.2, 0) is 9.59 Å². The van der Waals surface area contributed by atoms with Gasteiger partial charge in [-0.2, -0.15) is 4.39 Å². The van der Waals surface area contributed by atoms with Crippen LogP contribution in [0.3, 0.4) is 0 Å². The number of nitrogens with one attached hydrogen (secondary N) is 1. The van der Waals surface area contributed by atoms with E-state index in [-0.39, 0.29) is 5.69 Å². The van der Waals surface area contributed by atoms with E-state index in [4.69, 9.17) is 5.11 Å². The maximum absolute atomic E-state index is 13.4. The van der Waals surface area contributed by atoms with E-state index < -0.39 is 40.1 Å². The second kappa shape index (κ2) is 5.86. The van der Waals surface area contributed by atoms with Gasteiger partial charge in [-0.1, -0.05) is 6.42 Å². The summed E-state index contributed by atoms with van der Waals surface area (Å²) in [6, 6.07) is 3.01. The van der Waals surface area contributed by atoms with Gasteiger partial charge in [0.2, 0.25) is 11.7 Å². The summed E-state index contributed by atoms with van der Waals surface area (Å²) in [6.07, 6.45) is 1.53. The molecule has 7 nitrogen and oxygen atoms in total. The molecular weight excluding hydrogens is 283 g/mol. The maximum atomic E-state index is 13.4. The van der Waals surface area contributed by atoms with Crippen molar-refractivity contribution < 1.29 is 24.0 Å². The van der Waals surface area contributed by atoms with Crippen molar-refractivity contribution in [3.8, 4) is 0 Å². The topological polar surface area (TPSA) is 110 Å². The van der Waals surface area contributed by atoms with Crippen LogP contribution in [0.2, 0.25) is 0 Å². The molecule has 2 rings (SSSR count). The lowest BCUT2D eigenvalue weighted by atomic mass is 9.95. The molecule has 1 aromatic carbocycles. The number of carbonyl (C=O) groups excluding carboxylic acids is 1. The highest BCUT2D eigenvalue weighted by Gasteiger charge is 2.37. The molecule has 1 aliphatic carbocycles. The summed E-state index contributed by atoms with van der Waals surface area (Å²) in [7, 11) is 0. The number of benzene rings is 1. The summed E-state index contributed by atoms with van der Waals surface area (Å²) in [5.41, 5.74) is -0.614. The predicted octanol–water partition coefficient (Wildman–Crippen LogP) is 2.17. The van der Waals surface area contributed by atoms with E-state index in [1.165, 1.54) is 6.07 Å². The number of carboxylic acids is 1. The van der Waals surface area contributed by atoms with Gasteiger partial charge in [0.05, 0.1) is 16.8 Å². The SMILES string of the molecule is O=C(O)[C@H]1CCC[C@H]1C(=O)Nc1ccc([N+](=O)[O-])c(F)c1. The van der Waals surface area contributed by atoms with E-state index in [1.54, 1.807) is 0 Å². The second-order valence-electron chi connectivity index (χ2n) is 4.89. The zero-order valence-corrected chi connectivity index (χ0v) is 10.9. The molecule has 1 amide bonds. The van der Waals surface area contributed by atoms with E-state index in [2.05, 4.69) is 5.32 Å². The van der Waals surface area contributed by atoms with Gasteiger partial charge in [-0.05, 0) is 18.9 Å². The quantitative estimate of drug-likeness (QED) is 0.653. The van der Waals surface area contributed by atoms with Gasteiger partial charge < -0.3 is 10.4 Å². The van der Waals surface area contributed by atoms with Crippen LogP contribution in [0.1, 0.15) is 19.3 Å². The van der Waals surface area contributed by atoms with E-state index in [0.717, 1.165) is 12.1 Å². The molecule has 2 N–H and O–H groups in total. The van der Waals surface area contributed by atoms with Crippen LogP contribution in [0.5, 0.6) is 0 Å². The lowest BCUT2D eigenvalue weighted by Crippen LogP contribution is -2.30. The van der Waals surface area contributed by atoms with Crippen molar-refractivity contribution in [2.45, 2.75) is 19.3 Å². The number of nitro groups is 1. The Kier molecular flexibility index (Phi) is 4.15. The van der Waals surface area contributed by atoms with Crippen molar-refractivity contribution >= 4 is 23.3 Å². The molecule has 0 radical (unpaired) electrons. The molecule has 8 heteroatoms. The van der Waals surface area contributed by atoms with Crippen LogP contribution in [0.15, 0.2) is 18.2 Å². The normalized spacial score (nSPS) is 21.0. The molecule has 1 aromatic rings. The van der Waals surface area contributed by atoms with Crippen LogP contribution in [0.25, 0.3) is 0 Å². The highest BCUT2D eigenvalue weighted by molar-refractivity contribution is 5.95. The molecular formula is C13H13FN2O5. The number of nitro benzene ring substituents is 1. The second-order valence-corrected chi connectivity index (χ2v) is 4.89. The Hall–Kier alpha value is -2.51. The Morgan fingerprint density at radius 1 is 1.33 bits per heavy atom. The molecule has 21 heavy (non-hydrogen) atoms. The first-order valence-corrected chi connectivity index (χ1v) is 6.37. The fourth-order valence-corrected chi connectivity index (χ4v) is 2.54. The van der Waals surface area contributed by atoms with Gasteiger partial charge in [0, 0.05) is 17.8 Å². The lowest BCUT2D eigenvalue weighted by molar-refractivity contribution is -0.387. The third-order valence-corrected chi connectivity index (χ3v) is 3.58. The van der Waals surface area contributed by atoms with E-state index in [0.29, 0.717) is 19.3 Å². The zero-order valence-electron chi connectivity index (χ0n) is 10.9. The molecule has 0 aliphatic heterocycles. The Bertz CT molecular complexity index is 604. The number of aliphatic carboxylic acids is 1. The van der Waals surface area contributed by atoms with Gasteiger partial charge in [-0.25, -0.2) is 0 Å². The highest BCUT2D eigenvalue weighted by Crippen LogP contribution is 2.33. The molecule has 1 fully saturated rings. The van der Waals surface area contributed by atoms with Gasteiger partial charge >= 0.3 is 11.7 Å². The van der Waals surface area contributed by atoms with Crippen LogP contribution >= 0.6 is 0 Å². The monoisotopic (exact) mass is 296 g/mol. The average Bonchev–Trinajstić information content (AvgIpc) is 2.87. The first-order valence-electron chi connectivity index (χ1n) is 6.37. The fourth-order valence-electron chi connectivity index (χ4n) is 2.54. The van der Waals surface area contributed by atoms with Crippen molar-refractivity contribution in [2.24, 2.45) is 11.8 Å². The minimum atomic E-state index is -1.06. The highest BCUT2D eigenvalue weighted by atomic mass is 19.1. The van der Waals surface area contributed by atoms with Crippen molar-refractivity contribution in [1.82, 2.24) is 0 Å². The minimum absolute atomic E-state index is 0.0686. The molecule has 1 aliphatic rings. The number of hydrogen-bond acceptors (Lipinski definition) is 4. The number of hydrogen-bond donors (Lipinski definition) is 2. The van der Waals surface area contributed by atoms with E-state index in [1.807, 2.05) is 0 Å². The summed E-state index contributed by atoms with van der Waals surface area (Å²) in [5, 5.41) is 21.9. The molecule has 0 unspecified atom stereocenters. The molecule has 0 heterocycles. The third-order valence-electron chi connectivity index (χ3n) is 3.58. The molecule has 0 aromatic heterocycles. The smallest absolute Gasteiger partial charge is 0.307 e. The van der Waals surface area contributed by atoms with Crippen molar-refractivity contribution in [3.05, 3.63) is 34.1 Å². The van der Waals surface area contributed by atoms with Crippen molar-refractivity contribution in [3.63, 3.8) is 0 Å². The summed E-state index contributed by atoms with van der Waals surface area (Å²) in [6.45, 7) is 0. The van der Waals surface area contributed by atoms with Crippen LogP contribution in [0, 0.1) is 27.8 Å². The Morgan fingerprint density at radius 3 is 2.57 bits per heavy atom. The van der Waals surface area contributed by atoms with Gasteiger partial charge in [0.25, 0.3) is 0 Å². The first kappa shape index (κ1) is 14.9. The average molecular weight is 296 g/mol. The number of anilines is 1. The predicted molar refractivity (Wildman–Crippen MR) is 70.2 cm³/mol. The molecule has 2 atom stereocenters. The number of carboxylic acid groups (broad SMARTS) is 1. The van der Waals surface area contributed by atoms with E-state index in [9.17, 15) is 24.1 Å². The first-order chi connectivity index (χ1) is 9.90. The summed E-state index contributed by atoms with van der Waals surface area (Å²) < 4.78 is 13.4. The van der Waals surface area contributed by atoms with Crippen molar-refractivity contribution in [1.29, 1.82) is 0 Å². The zero-order chi connectivity index (χ0) is 15.6. The summed E-state index contributed by atoms with van der Waals surface area (Å²) in [4.78, 5) is 32.7. The largest absolute Gasteiger partial charge is 0.481 e. The standard InChI is InChI=1S/C13H13FN2O5/c14-10-6-7(4-5-11(10)16(20)21)15-12(17)8-2-1-3-9(8)13(18)19/h4-6,8-9H,1-3H2,(H,15,17)(H,18,19)/t8-,9+/m1/s1. The molecule has 1 saturated carbocycles. The van der Waals surface area contributed by atoms with Gasteiger partial charge in [0.15, 0.2) is 0 Å². The molecule has 0 saturated heterocycles. The minimum Gasteiger partial charge on any atom is -0.481 e. The van der Waals surface area contributed by atoms with Gasteiger partial charge in [-0.3, -0.25) is 19.7 Å². The maximum Gasteiger partial charge on any atom is 0.307 e. The van der Waals surface area contributed by atoms with Crippen LogP contribution < -0.4 is 5.32 Å². The van der Waals surface area contributed by atoms with Crippen molar-refractivity contribution in [2.75, 3.05) is 5.32 Å². The number of amides is 1.